The Morgan fingerprint density at radius 2 is 1.86 bits per heavy atom. The van der Waals surface area contributed by atoms with Gasteiger partial charge < -0.3 is 9.33 Å². The third kappa shape index (κ3) is 2.81. The lowest BCUT2D eigenvalue weighted by Crippen LogP contribution is -2.44. The quantitative estimate of drug-likeness (QED) is 0.657. The minimum Gasteiger partial charge on any atom is -0.413 e. The van der Waals surface area contributed by atoms with E-state index in [4.69, 9.17) is 4.43 Å². The first kappa shape index (κ1) is 12.2. The van der Waals surface area contributed by atoms with Crippen LogP contribution < -0.4 is 0 Å². The monoisotopic (exact) mass is 215 g/mol. The SMILES string of the molecule is CN1CCC(O[Si](C)(C)C(C)(C)C)C1. The first-order valence-electron chi connectivity index (χ1n) is 5.59. The van der Waals surface area contributed by atoms with Crippen LogP contribution >= 0.6 is 0 Å². The van der Waals surface area contributed by atoms with E-state index in [-0.39, 0.29) is 0 Å². The molecule has 0 spiro atoms. The van der Waals surface area contributed by atoms with Gasteiger partial charge in [-0.1, -0.05) is 20.8 Å². The molecule has 1 fully saturated rings. The molecule has 0 aromatic carbocycles. The molecule has 0 radical (unpaired) electrons. The molecule has 1 aliphatic rings. The Balaban J connectivity index is 2.51. The fourth-order valence-corrected chi connectivity index (χ4v) is 2.96. The normalized spacial score (nSPS) is 25.7. The van der Waals surface area contributed by atoms with E-state index in [2.05, 4.69) is 45.8 Å². The Kier molecular flexibility index (Phi) is 3.44. The second kappa shape index (κ2) is 3.95. The first-order valence-corrected chi connectivity index (χ1v) is 8.49. The Bertz CT molecular complexity index is 198. The molecule has 3 heteroatoms. The van der Waals surface area contributed by atoms with E-state index in [9.17, 15) is 0 Å². The van der Waals surface area contributed by atoms with E-state index in [0.29, 0.717) is 11.1 Å². The van der Waals surface area contributed by atoms with Crippen LogP contribution in [0.4, 0.5) is 0 Å². The summed E-state index contributed by atoms with van der Waals surface area (Å²) in [6.45, 7) is 13.9. The molecule has 1 unspecified atom stereocenters. The van der Waals surface area contributed by atoms with E-state index in [0.717, 1.165) is 6.54 Å². The van der Waals surface area contributed by atoms with Crippen LogP contribution in [0.5, 0.6) is 0 Å². The molecule has 0 saturated carbocycles. The lowest BCUT2D eigenvalue weighted by molar-refractivity contribution is 0.187. The van der Waals surface area contributed by atoms with Gasteiger partial charge >= 0.3 is 0 Å². The molecule has 0 bridgehead atoms. The zero-order valence-electron chi connectivity index (χ0n) is 10.6. The van der Waals surface area contributed by atoms with Crippen molar-refractivity contribution >= 4 is 8.32 Å². The first-order chi connectivity index (χ1) is 6.22. The van der Waals surface area contributed by atoms with Crippen molar-refractivity contribution < 1.29 is 4.43 Å². The summed E-state index contributed by atoms with van der Waals surface area (Å²) in [5.74, 6) is 0. The highest BCUT2D eigenvalue weighted by atomic mass is 28.4. The Morgan fingerprint density at radius 3 is 2.21 bits per heavy atom. The van der Waals surface area contributed by atoms with Crippen LogP contribution in [0.15, 0.2) is 0 Å². The van der Waals surface area contributed by atoms with Crippen LogP contribution in [0.3, 0.4) is 0 Å². The molecule has 0 aliphatic carbocycles. The average Bonchev–Trinajstić information content (AvgIpc) is 2.31. The highest BCUT2D eigenvalue weighted by Crippen LogP contribution is 2.38. The van der Waals surface area contributed by atoms with Gasteiger partial charge in [-0.05, 0) is 31.6 Å². The number of likely N-dealkylation sites (tertiary alicyclic amines) is 1. The van der Waals surface area contributed by atoms with Gasteiger partial charge in [0.1, 0.15) is 0 Å². The van der Waals surface area contributed by atoms with Gasteiger partial charge in [-0.2, -0.15) is 0 Å². The van der Waals surface area contributed by atoms with E-state index >= 15 is 0 Å². The third-order valence-electron chi connectivity index (χ3n) is 3.62. The van der Waals surface area contributed by atoms with Gasteiger partial charge in [-0.25, -0.2) is 0 Å². The number of hydrogen-bond donors (Lipinski definition) is 0. The molecular weight excluding hydrogens is 190 g/mol. The summed E-state index contributed by atoms with van der Waals surface area (Å²) in [4.78, 5) is 2.36. The van der Waals surface area contributed by atoms with Crippen molar-refractivity contribution in [1.82, 2.24) is 4.90 Å². The summed E-state index contributed by atoms with van der Waals surface area (Å²) in [6, 6.07) is 0. The van der Waals surface area contributed by atoms with Crippen molar-refractivity contribution in [2.45, 2.75) is 51.4 Å². The Labute approximate surface area is 89.8 Å². The van der Waals surface area contributed by atoms with Crippen molar-refractivity contribution in [3.8, 4) is 0 Å². The van der Waals surface area contributed by atoms with Crippen molar-refractivity contribution in [3.63, 3.8) is 0 Å². The van der Waals surface area contributed by atoms with E-state index in [1.807, 2.05) is 0 Å². The fraction of sp³-hybridized carbons (Fsp3) is 1.00. The van der Waals surface area contributed by atoms with Crippen LogP contribution in [-0.2, 0) is 4.43 Å². The van der Waals surface area contributed by atoms with E-state index < -0.39 is 8.32 Å². The maximum absolute atomic E-state index is 6.33. The third-order valence-corrected chi connectivity index (χ3v) is 8.15. The highest BCUT2D eigenvalue weighted by Gasteiger charge is 2.40. The predicted molar refractivity (Wildman–Crippen MR) is 64.2 cm³/mol. The van der Waals surface area contributed by atoms with Crippen molar-refractivity contribution in [2.24, 2.45) is 0 Å². The molecule has 2 nitrogen and oxygen atoms in total. The molecular formula is C11H25NOSi. The standard InChI is InChI=1S/C11H25NOSi/c1-11(2,3)14(5,6)13-10-7-8-12(4)9-10/h10H,7-9H2,1-6H3. The minimum absolute atomic E-state index is 0.341. The summed E-state index contributed by atoms with van der Waals surface area (Å²) >= 11 is 0. The van der Waals surface area contributed by atoms with Crippen molar-refractivity contribution in [3.05, 3.63) is 0 Å². The molecule has 0 aromatic heterocycles. The molecule has 1 aliphatic heterocycles. The smallest absolute Gasteiger partial charge is 0.192 e. The summed E-state index contributed by atoms with van der Waals surface area (Å²) in [5, 5.41) is 0.341. The number of rotatable bonds is 2. The molecule has 1 heterocycles. The van der Waals surface area contributed by atoms with Gasteiger partial charge in [-0.15, -0.1) is 0 Å². The summed E-state index contributed by atoms with van der Waals surface area (Å²) in [6.07, 6.45) is 1.70. The Morgan fingerprint density at radius 1 is 1.29 bits per heavy atom. The number of hydrogen-bond acceptors (Lipinski definition) is 2. The average molecular weight is 215 g/mol. The summed E-state index contributed by atoms with van der Waals surface area (Å²) in [5.41, 5.74) is 0. The van der Waals surface area contributed by atoms with Crippen LogP contribution in [0.1, 0.15) is 27.2 Å². The molecule has 0 N–H and O–H groups in total. The van der Waals surface area contributed by atoms with Gasteiger partial charge in [0, 0.05) is 13.1 Å². The predicted octanol–water partition coefficient (Wildman–Crippen LogP) is 2.71. The van der Waals surface area contributed by atoms with Crippen molar-refractivity contribution in [1.29, 1.82) is 0 Å². The molecule has 0 aromatic rings. The second-order valence-corrected chi connectivity index (χ2v) is 10.8. The summed E-state index contributed by atoms with van der Waals surface area (Å²) < 4.78 is 6.33. The largest absolute Gasteiger partial charge is 0.413 e. The maximum Gasteiger partial charge on any atom is 0.192 e. The minimum atomic E-state index is -1.53. The topological polar surface area (TPSA) is 12.5 Å². The molecule has 1 atom stereocenters. The highest BCUT2D eigenvalue weighted by molar-refractivity contribution is 6.74. The molecule has 84 valence electrons. The lowest BCUT2D eigenvalue weighted by atomic mass is 10.2. The molecule has 1 saturated heterocycles. The van der Waals surface area contributed by atoms with E-state index in [1.54, 1.807) is 0 Å². The van der Waals surface area contributed by atoms with Crippen LogP contribution in [-0.4, -0.2) is 39.5 Å². The number of nitrogens with zero attached hydrogens (tertiary/aromatic N) is 1. The maximum atomic E-state index is 6.33. The molecule has 0 amide bonds. The Hall–Kier alpha value is 0.137. The molecule has 1 rings (SSSR count). The van der Waals surface area contributed by atoms with Crippen LogP contribution in [0.2, 0.25) is 18.1 Å². The van der Waals surface area contributed by atoms with Crippen molar-refractivity contribution in [2.75, 3.05) is 20.1 Å². The van der Waals surface area contributed by atoms with Gasteiger partial charge in [0.25, 0.3) is 0 Å². The zero-order valence-corrected chi connectivity index (χ0v) is 11.6. The van der Waals surface area contributed by atoms with Gasteiger partial charge in [0.15, 0.2) is 8.32 Å². The zero-order chi connectivity index (χ0) is 11.0. The lowest BCUT2D eigenvalue weighted by Gasteiger charge is -2.38. The van der Waals surface area contributed by atoms with Gasteiger partial charge in [-0.3, -0.25) is 0 Å². The van der Waals surface area contributed by atoms with Crippen LogP contribution in [0.25, 0.3) is 0 Å². The number of likely N-dealkylation sites (N-methyl/N-ethyl adjacent to an activating group) is 1. The fourth-order valence-electron chi connectivity index (χ4n) is 1.58. The van der Waals surface area contributed by atoms with Crippen LogP contribution in [0, 0.1) is 0 Å². The molecule has 14 heavy (non-hydrogen) atoms. The summed E-state index contributed by atoms with van der Waals surface area (Å²) in [7, 11) is 0.649. The van der Waals surface area contributed by atoms with E-state index in [1.165, 1.54) is 13.0 Å². The second-order valence-electron chi connectivity index (χ2n) is 6.05. The van der Waals surface area contributed by atoms with Gasteiger partial charge in [0.2, 0.25) is 0 Å². The van der Waals surface area contributed by atoms with Gasteiger partial charge in [0.05, 0.1) is 6.10 Å².